The number of para-hydroxylation sites is 2. The highest BCUT2D eigenvalue weighted by Crippen LogP contribution is 2.20. The van der Waals surface area contributed by atoms with Crippen LogP contribution >= 0.6 is 0 Å². The van der Waals surface area contributed by atoms with Gasteiger partial charge >= 0.3 is 0 Å². The molecule has 0 aliphatic carbocycles. The number of fused-ring (bicyclic) bond motifs is 1. The molecule has 2 aromatic rings. The molecule has 0 radical (unpaired) electrons. The molecule has 6 nitrogen and oxygen atoms in total. The van der Waals surface area contributed by atoms with Crippen molar-refractivity contribution in [3.8, 4) is 0 Å². The Kier molecular flexibility index (Phi) is 4.93. The molecule has 6 heteroatoms. The van der Waals surface area contributed by atoms with Gasteiger partial charge in [-0.1, -0.05) is 12.1 Å². The van der Waals surface area contributed by atoms with E-state index in [9.17, 15) is 4.79 Å². The first-order valence-corrected chi connectivity index (χ1v) is 7.95. The standard InChI is InChI=1S/C17H23N3O3/c1-19(10-13-9-17(21)20(11-13)7-8-22-2)12-16-18-14-5-3-4-6-15(14)23-16/h3-6,13H,7-12H2,1-2H3/t13-/m0/s1. The lowest BCUT2D eigenvalue weighted by molar-refractivity contribution is -0.128. The van der Waals surface area contributed by atoms with Gasteiger partial charge in [-0.25, -0.2) is 4.98 Å². The van der Waals surface area contributed by atoms with Crippen molar-refractivity contribution in [2.24, 2.45) is 5.92 Å². The highest BCUT2D eigenvalue weighted by atomic mass is 16.5. The quantitative estimate of drug-likeness (QED) is 0.779. The lowest BCUT2D eigenvalue weighted by Crippen LogP contribution is -2.31. The highest BCUT2D eigenvalue weighted by Gasteiger charge is 2.29. The number of likely N-dealkylation sites (tertiary alicyclic amines) is 1. The number of aromatic nitrogens is 1. The molecule has 0 N–H and O–H groups in total. The third kappa shape index (κ3) is 3.89. The first-order chi connectivity index (χ1) is 11.2. The zero-order valence-corrected chi connectivity index (χ0v) is 13.7. The minimum Gasteiger partial charge on any atom is -0.439 e. The van der Waals surface area contributed by atoms with Crippen LogP contribution < -0.4 is 0 Å². The molecule has 1 amide bonds. The number of amides is 1. The van der Waals surface area contributed by atoms with Gasteiger partial charge in [0.05, 0.1) is 13.2 Å². The highest BCUT2D eigenvalue weighted by molar-refractivity contribution is 5.78. The zero-order chi connectivity index (χ0) is 16.2. The number of ether oxygens (including phenoxy) is 1. The van der Waals surface area contributed by atoms with Gasteiger partial charge in [-0.15, -0.1) is 0 Å². The molecule has 1 saturated heterocycles. The molecule has 0 saturated carbocycles. The zero-order valence-electron chi connectivity index (χ0n) is 13.7. The van der Waals surface area contributed by atoms with Crippen LogP contribution in [0.3, 0.4) is 0 Å². The van der Waals surface area contributed by atoms with E-state index in [2.05, 4.69) is 9.88 Å². The van der Waals surface area contributed by atoms with Crippen LogP contribution in [0.1, 0.15) is 12.3 Å². The summed E-state index contributed by atoms with van der Waals surface area (Å²) in [6.07, 6.45) is 0.613. The summed E-state index contributed by atoms with van der Waals surface area (Å²) in [5.74, 6) is 1.30. The third-order valence-corrected chi connectivity index (χ3v) is 4.17. The molecular weight excluding hydrogens is 294 g/mol. The summed E-state index contributed by atoms with van der Waals surface area (Å²) < 4.78 is 10.8. The molecule has 0 bridgehead atoms. The molecule has 0 spiro atoms. The summed E-state index contributed by atoms with van der Waals surface area (Å²) in [4.78, 5) is 20.5. The van der Waals surface area contributed by atoms with Crippen molar-refractivity contribution in [1.82, 2.24) is 14.8 Å². The average molecular weight is 317 g/mol. The van der Waals surface area contributed by atoms with Gasteiger partial charge in [-0.2, -0.15) is 0 Å². The maximum Gasteiger partial charge on any atom is 0.223 e. The van der Waals surface area contributed by atoms with Crippen LogP contribution in [-0.2, 0) is 16.1 Å². The molecule has 1 aromatic carbocycles. The normalized spacial score (nSPS) is 18.5. The van der Waals surface area contributed by atoms with Crippen molar-refractivity contribution in [3.05, 3.63) is 30.2 Å². The van der Waals surface area contributed by atoms with Crippen LogP contribution in [0.15, 0.2) is 28.7 Å². The largest absolute Gasteiger partial charge is 0.439 e. The number of hydrogen-bond acceptors (Lipinski definition) is 5. The minimum atomic E-state index is 0.224. The Balaban J connectivity index is 1.53. The maximum absolute atomic E-state index is 12.0. The van der Waals surface area contributed by atoms with Crippen LogP contribution in [0.2, 0.25) is 0 Å². The Morgan fingerprint density at radius 2 is 2.26 bits per heavy atom. The molecule has 1 aliphatic rings. The number of carbonyl (C=O) groups excluding carboxylic acids is 1. The second kappa shape index (κ2) is 7.10. The van der Waals surface area contributed by atoms with Crippen molar-refractivity contribution in [1.29, 1.82) is 0 Å². The van der Waals surface area contributed by atoms with Crippen molar-refractivity contribution >= 4 is 17.0 Å². The van der Waals surface area contributed by atoms with Crippen LogP contribution in [-0.4, -0.2) is 61.1 Å². The predicted molar refractivity (Wildman–Crippen MR) is 86.9 cm³/mol. The van der Waals surface area contributed by atoms with Crippen LogP contribution in [0.5, 0.6) is 0 Å². The SMILES string of the molecule is COCCN1C[C@H](CN(C)Cc2nc3ccccc3o2)CC1=O. The number of benzene rings is 1. The second-order valence-corrected chi connectivity index (χ2v) is 6.17. The number of methoxy groups -OCH3 is 1. The Hall–Kier alpha value is -1.92. The van der Waals surface area contributed by atoms with Crippen LogP contribution in [0.4, 0.5) is 0 Å². The number of nitrogens with zero attached hydrogens (tertiary/aromatic N) is 3. The van der Waals surface area contributed by atoms with Crippen molar-refractivity contribution < 1.29 is 13.9 Å². The average Bonchev–Trinajstić information content (AvgIpc) is 3.07. The van der Waals surface area contributed by atoms with Gasteiger partial charge < -0.3 is 14.1 Å². The summed E-state index contributed by atoms with van der Waals surface area (Å²) in [5.41, 5.74) is 1.70. The smallest absolute Gasteiger partial charge is 0.223 e. The van der Waals surface area contributed by atoms with Crippen LogP contribution in [0.25, 0.3) is 11.1 Å². The molecule has 124 valence electrons. The van der Waals surface area contributed by atoms with Gasteiger partial charge in [0.15, 0.2) is 5.58 Å². The topological polar surface area (TPSA) is 58.8 Å². The number of rotatable bonds is 7. The molecule has 1 atom stereocenters. The van der Waals surface area contributed by atoms with Gasteiger partial charge in [0.1, 0.15) is 5.52 Å². The van der Waals surface area contributed by atoms with Gasteiger partial charge in [0.2, 0.25) is 11.8 Å². The molecule has 1 fully saturated rings. The molecule has 2 heterocycles. The monoisotopic (exact) mass is 317 g/mol. The van der Waals surface area contributed by atoms with Gasteiger partial charge in [0, 0.05) is 33.2 Å². The fourth-order valence-electron chi connectivity index (χ4n) is 3.12. The Morgan fingerprint density at radius 1 is 1.43 bits per heavy atom. The number of oxazole rings is 1. The summed E-state index contributed by atoms with van der Waals surface area (Å²) in [5, 5.41) is 0. The fourth-order valence-corrected chi connectivity index (χ4v) is 3.12. The molecule has 1 aliphatic heterocycles. The fraction of sp³-hybridized carbons (Fsp3) is 0.529. The second-order valence-electron chi connectivity index (χ2n) is 6.17. The molecule has 0 unspecified atom stereocenters. The van der Waals surface area contributed by atoms with Crippen molar-refractivity contribution in [3.63, 3.8) is 0 Å². The van der Waals surface area contributed by atoms with E-state index in [1.165, 1.54) is 0 Å². The van der Waals surface area contributed by atoms with E-state index in [1.54, 1.807) is 7.11 Å². The summed E-state index contributed by atoms with van der Waals surface area (Å²) in [7, 11) is 3.70. The van der Waals surface area contributed by atoms with Gasteiger partial charge in [0.25, 0.3) is 0 Å². The summed E-state index contributed by atoms with van der Waals surface area (Å²) >= 11 is 0. The molecular formula is C17H23N3O3. The van der Waals surface area contributed by atoms with E-state index in [4.69, 9.17) is 9.15 Å². The number of carbonyl (C=O) groups is 1. The Labute approximate surface area is 136 Å². The minimum absolute atomic E-state index is 0.224. The van der Waals surface area contributed by atoms with E-state index in [1.807, 2.05) is 36.2 Å². The predicted octanol–water partition coefficient (Wildman–Crippen LogP) is 1.75. The van der Waals surface area contributed by atoms with E-state index in [-0.39, 0.29) is 5.91 Å². The van der Waals surface area contributed by atoms with E-state index in [0.29, 0.717) is 37.9 Å². The molecule has 3 rings (SSSR count). The summed E-state index contributed by atoms with van der Waals surface area (Å²) in [6.45, 7) is 3.59. The Bertz CT molecular complexity index is 637. The maximum atomic E-state index is 12.0. The first-order valence-electron chi connectivity index (χ1n) is 7.95. The van der Waals surface area contributed by atoms with Crippen molar-refractivity contribution in [2.75, 3.05) is 40.4 Å². The first kappa shape index (κ1) is 16.0. The van der Waals surface area contributed by atoms with E-state index in [0.717, 1.165) is 24.2 Å². The Morgan fingerprint density at radius 3 is 3.04 bits per heavy atom. The van der Waals surface area contributed by atoms with Crippen LogP contribution in [0, 0.1) is 5.92 Å². The lowest BCUT2D eigenvalue weighted by atomic mass is 10.1. The van der Waals surface area contributed by atoms with E-state index < -0.39 is 0 Å². The summed E-state index contributed by atoms with van der Waals surface area (Å²) in [6, 6.07) is 7.78. The molecule has 1 aromatic heterocycles. The molecule has 23 heavy (non-hydrogen) atoms. The van der Waals surface area contributed by atoms with Gasteiger partial charge in [-0.3, -0.25) is 9.69 Å². The lowest BCUT2D eigenvalue weighted by Gasteiger charge is -2.20. The third-order valence-electron chi connectivity index (χ3n) is 4.17. The number of hydrogen-bond donors (Lipinski definition) is 0. The van der Waals surface area contributed by atoms with Gasteiger partial charge in [-0.05, 0) is 25.1 Å². The van der Waals surface area contributed by atoms with E-state index >= 15 is 0 Å². The van der Waals surface area contributed by atoms with Crippen molar-refractivity contribution in [2.45, 2.75) is 13.0 Å².